The Hall–Kier alpha value is -2.17. The summed E-state index contributed by atoms with van der Waals surface area (Å²) < 4.78 is 0. The van der Waals surface area contributed by atoms with Crippen LogP contribution in [-0.2, 0) is 6.42 Å². The standard InChI is InChI=1S/C17H25N5/c1-4-11-22(12-5-2)17-20-16(13-18-21-17)19-15-10-8-7-9-14(15)6-3/h7-10,13H,4-6,11-12H2,1-3H3,(H,19,20,21). The van der Waals surface area contributed by atoms with Gasteiger partial charge in [-0.2, -0.15) is 10.1 Å². The van der Waals surface area contributed by atoms with Gasteiger partial charge in [-0.05, 0) is 30.9 Å². The lowest BCUT2D eigenvalue weighted by molar-refractivity contribution is 0.711. The fourth-order valence-corrected chi connectivity index (χ4v) is 2.43. The van der Waals surface area contributed by atoms with E-state index >= 15 is 0 Å². The number of hydrogen-bond acceptors (Lipinski definition) is 5. The van der Waals surface area contributed by atoms with Crippen LogP contribution in [0, 0.1) is 0 Å². The normalized spacial score (nSPS) is 10.5. The molecule has 118 valence electrons. The lowest BCUT2D eigenvalue weighted by Crippen LogP contribution is -2.27. The summed E-state index contributed by atoms with van der Waals surface area (Å²) in [6, 6.07) is 8.27. The predicted molar refractivity (Wildman–Crippen MR) is 91.7 cm³/mol. The molecule has 1 N–H and O–H groups in total. The Morgan fingerprint density at radius 1 is 1.05 bits per heavy atom. The molecule has 5 nitrogen and oxygen atoms in total. The van der Waals surface area contributed by atoms with E-state index in [0.29, 0.717) is 5.95 Å². The molecule has 0 saturated heterocycles. The third kappa shape index (κ3) is 4.16. The summed E-state index contributed by atoms with van der Waals surface area (Å²) in [6.45, 7) is 8.37. The van der Waals surface area contributed by atoms with Crippen molar-refractivity contribution in [3.05, 3.63) is 36.0 Å². The average Bonchev–Trinajstić information content (AvgIpc) is 2.55. The van der Waals surface area contributed by atoms with Gasteiger partial charge in [0.2, 0.25) is 5.95 Å². The highest BCUT2D eigenvalue weighted by molar-refractivity contribution is 5.60. The SMILES string of the molecule is CCCN(CCC)c1nncc(Nc2ccccc2CC)n1. The minimum absolute atomic E-state index is 0.697. The van der Waals surface area contributed by atoms with Crippen molar-refractivity contribution in [2.75, 3.05) is 23.3 Å². The Kier molecular flexibility index (Phi) is 6.13. The molecule has 0 aliphatic carbocycles. The van der Waals surface area contributed by atoms with E-state index in [1.807, 2.05) is 6.07 Å². The maximum atomic E-state index is 4.62. The number of aryl methyl sites for hydroxylation is 1. The number of rotatable bonds is 8. The highest BCUT2D eigenvalue weighted by atomic mass is 15.3. The van der Waals surface area contributed by atoms with Crippen molar-refractivity contribution in [2.24, 2.45) is 0 Å². The molecule has 5 heteroatoms. The zero-order chi connectivity index (χ0) is 15.8. The first-order valence-electron chi connectivity index (χ1n) is 8.08. The summed E-state index contributed by atoms with van der Waals surface area (Å²) in [4.78, 5) is 6.81. The van der Waals surface area contributed by atoms with Crippen molar-refractivity contribution < 1.29 is 0 Å². The molecule has 0 aliphatic heterocycles. The van der Waals surface area contributed by atoms with E-state index < -0.39 is 0 Å². The van der Waals surface area contributed by atoms with E-state index in [1.165, 1.54) is 5.56 Å². The van der Waals surface area contributed by atoms with E-state index in [2.05, 4.69) is 64.4 Å². The number of nitrogens with zero attached hydrogens (tertiary/aromatic N) is 4. The largest absolute Gasteiger partial charge is 0.339 e. The van der Waals surface area contributed by atoms with E-state index in [-0.39, 0.29) is 0 Å². The van der Waals surface area contributed by atoms with Crippen molar-refractivity contribution in [1.29, 1.82) is 0 Å². The number of para-hydroxylation sites is 1. The number of anilines is 3. The number of hydrogen-bond donors (Lipinski definition) is 1. The summed E-state index contributed by atoms with van der Waals surface area (Å²) in [5.74, 6) is 1.44. The van der Waals surface area contributed by atoms with Gasteiger partial charge in [-0.3, -0.25) is 0 Å². The van der Waals surface area contributed by atoms with Crippen molar-refractivity contribution in [2.45, 2.75) is 40.0 Å². The molecule has 0 atom stereocenters. The molecule has 0 unspecified atom stereocenters. The van der Waals surface area contributed by atoms with Crippen LogP contribution in [0.4, 0.5) is 17.5 Å². The predicted octanol–water partition coefficient (Wildman–Crippen LogP) is 3.80. The smallest absolute Gasteiger partial charge is 0.247 e. The van der Waals surface area contributed by atoms with Gasteiger partial charge in [0.15, 0.2) is 5.82 Å². The van der Waals surface area contributed by atoms with Gasteiger partial charge in [-0.25, -0.2) is 0 Å². The Bertz CT molecular complexity index is 579. The second-order valence-electron chi connectivity index (χ2n) is 5.26. The van der Waals surface area contributed by atoms with Gasteiger partial charge in [0.25, 0.3) is 0 Å². The van der Waals surface area contributed by atoms with Crippen LogP contribution < -0.4 is 10.2 Å². The van der Waals surface area contributed by atoms with E-state index in [4.69, 9.17) is 0 Å². The molecular weight excluding hydrogens is 274 g/mol. The first kappa shape index (κ1) is 16.2. The second-order valence-corrected chi connectivity index (χ2v) is 5.26. The van der Waals surface area contributed by atoms with Crippen LogP contribution in [0.1, 0.15) is 39.2 Å². The van der Waals surface area contributed by atoms with E-state index in [1.54, 1.807) is 6.20 Å². The van der Waals surface area contributed by atoms with Crippen molar-refractivity contribution in [1.82, 2.24) is 15.2 Å². The maximum Gasteiger partial charge on any atom is 0.247 e. The Balaban J connectivity index is 2.20. The molecular formula is C17H25N5. The Morgan fingerprint density at radius 3 is 2.45 bits per heavy atom. The van der Waals surface area contributed by atoms with Crippen LogP contribution in [0.3, 0.4) is 0 Å². The molecule has 2 rings (SSSR count). The average molecular weight is 299 g/mol. The van der Waals surface area contributed by atoms with Crippen LogP contribution in [-0.4, -0.2) is 28.3 Å². The minimum Gasteiger partial charge on any atom is -0.339 e. The fourth-order valence-electron chi connectivity index (χ4n) is 2.43. The lowest BCUT2D eigenvalue weighted by atomic mass is 10.1. The van der Waals surface area contributed by atoms with Crippen molar-refractivity contribution >= 4 is 17.5 Å². The second kappa shape index (κ2) is 8.32. The summed E-state index contributed by atoms with van der Waals surface area (Å²) in [5, 5.41) is 11.7. The molecule has 2 aromatic rings. The van der Waals surface area contributed by atoms with Gasteiger partial charge in [-0.15, -0.1) is 5.10 Å². The van der Waals surface area contributed by atoms with Gasteiger partial charge in [0.05, 0.1) is 6.20 Å². The number of nitrogens with one attached hydrogen (secondary N) is 1. The highest BCUT2D eigenvalue weighted by Crippen LogP contribution is 2.20. The van der Waals surface area contributed by atoms with Gasteiger partial charge in [0.1, 0.15) is 0 Å². The first-order chi connectivity index (χ1) is 10.8. The molecule has 22 heavy (non-hydrogen) atoms. The summed E-state index contributed by atoms with van der Waals surface area (Å²) in [6.07, 6.45) is 4.79. The monoisotopic (exact) mass is 299 g/mol. The van der Waals surface area contributed by atoms with Gasteiger partial charge >= 0.3 is 0 Å². The van der Waals surface area contributed by atoms with Gasteiger partial charge < -0.3 is 10.2 Å². The van der Waals surface area contributed by atoms with Crippen molar-refractivity contribution in [3.63, 3.8) is 0 Å². The summed E-state index contributed by atoms with van der Waals surface area (Å²) in [7, 11) is 0. The van der Waals surface area contributed by atoms with Crippen LogP contribution in [0.15, 0.2) is 30.5 Å². The van der Waals surface area contributed by atoms with E-state index in [0.717, 1.165) is 43.9 Å². The molecule has 0 saturated carbocycles. The lowest BCUT2D eigenvalue weighted by Gasteiger charge is -2.21. The molecule has 1 aromatic heterocycles. The quantitative estimate of drug-likeness (QED) is 0.803. The van der Waals surface area contributed by atoms with Crippen LogP contribution >= 0.6 is 0 Å². The first-order valence-corrected chi connectivity index (χ1v) is 8.08. The summed E-state index contributed by atoms with van der Waals surface area (Å²) in [5.41, 5.74) is 2.34. The van der Waals surface area contributed by atoms with Gasteiger partial charge in [-0.1, -0.05) is 39.0 Å². The number of benzene rings is 1. The maximum absolute atomic E-state index is 4.62. The topological polar surface area (TPSA) is 53.9 Å². The zero-order valence-electron chi connectivity index (χ0n) is 13.7. The molecule has 0 bridgehead atoms. The van der Waals surface area contributed by atoms with Crippen molar-refractivity contribution in [3.8, 4) is 0 Å². The molecule has 0 spiro atoms. The van der Waals surface area contributed by atoms with E-state index in [9.17, 15) is 0 Å². The van der Waals surface area contributed by atoms with Gasteiger partial charge in [0, 0.05) is 18.8 Å². The van der Waals surface area contributed by atoms with Crippen LogP contribution in [0.5, 0.6) is 0 Å². The highest BCUT2D eigenvalue weighted by Gasteiger charge is 2.10. The molecule has 0 amide bonds. The molecule has 1 aromatic carbocycles. The molecule has 0 fully saturated rings. The zero-order valence-corrected chi connectivity index (χ0v) is 13.7. The Labute approximate surface area is 132 Å². The molecule has 0 aliphatic rings. The Morgan fingerprint density at radius 2 is 1.77 bits per heavy atom. The molecule has 0 radical (unpaired) electrons. The summed E-state index contributed by atoms with van der Waals surface area (Å²) >= 11 is 0. The fraction of sp³-hybridized carbons (Fsp3) is 0.471. The van der Waals surface area contributed by atoms with Crippen LogP contribution in [0.25, 0.3) is 0 Å². The van der Waals surface area contributed by atoms with Crippen LogP contribution in [0.2, 0.25) is 0 Å². The third-order valence-corrected chi connectivity index (χ3v) is 3.48. The molecule has 1 heterocycles. The number of aromatic nitrogens is 3. The third-order valence-electron chi connectivity index (χ3n) is 3.48. The minimum atomic E-state index is 0.697.